The highest BCUT2D eigenvalue weighted by molar-refractivity contribution is 7.16. The molecule has 5 rings (SSSR count). The van der Waals surface area contributed by atoms with Crippen molar-refractivity contribution in [1.82, 2.24) is 19.6 Å². The molecular weight excluding hydrogens is 372 g/mol. The van der Waals surface area contributed by atoms with E-state index >= 15 is 0 Å². The Morgan fingerprint density at radius 2 is 1.82 bits per heavy atom. The predicted octanol–water partition coefficient (Wildman–Crippen LogP) is 4.59. The molecule has 0 fully saturated rings. The Hall–Kier alpha value is -3.45. The van der Waals surface area contributed by atoms with Crippen LogP contribution in [0.4, 0.5) is 0 Å². The molecule has 28 heavy (non-hydrogen) atoms. The number of aromatic nitrogens is 4. The minimum absolute atomic E-state index is 0.457. The standard InChI is InChI=1S/C21H16N4O2S/c1-26-17-4-2-3-5-18(17)27-12-14-6-8-15(9-7-14)19-23-20-16-10-11-28-21(16)22-13-25(20)24-19/h2-11,13H,12H2,1H3. The van der Waals surface area contributed by atoms with Gasteiger partial charge in [0.05, 0.1) is 12.5 Å². The lowest BCUT2D eigenvalue weighted by Gasteiger charge is -2.10. The van der Waals surface area contributed by atoms with E-state index in [-0.39, 0.29) is 0 Å². The third-order valence-electron chi connectivity index (χ3n) is 4.48. The second kappa shape index (κ2) is 6.94. The van der Waals surface area contributed by atoms with Gasteiger partial charge >= 0.3 is 0 Å². The summed E-state index contributed by atoms with van der Waals surface area (Å²) in [5.41, 5.74) is 2.83. The molecule has 0 saturated carbocycles. The van der Waals surface area contributed by atoms with Crippen LogP contribution in [0.15, 0.2) is 66.3 Å². The summed E-state index contributed by atoms with van der Waals surface area (Å²) in [4.78, 5) is 10.1. The van der Waals surface area contributed by atoms with E-state index in [9.17, 15) is 0 Å². The van der Waals surface area contributed by atoms with E-state index in [1.54, 1.807) is 29.3 Å². The lowest BCUT2D eigenvalue weighted by Crippen LogP contribution is -1.97. The van der Waals surface area contributed by atoms with Crippen LogP contribution in [0.3, 0.4) is 0 Å². The molecule has 3 heterocycles. The maximum Gasteiger partial charge on any atom is 0.182 e. The summed E-state index contributed by atoms with van der Waals surface area (Å²) in [6, 6.07) is 17.7. The quantitative estimate of drug-likeness (QED) is 0.441. The van der Waals surface area contributed by atoms with Gasteiger partial charge in [0.2, 0.25) is 0 Å². The number of fused-ring (bicyclic) bond motifs is 3. The first-order valence-electron chi connectivity index (χ1n) is 8.75. The van der Waals surface area contributed by atoms with Crippen molar-refractivity contribution in [1.29, 1.82) is 0 Å². The van der Waals surface area contributed by atoms with Gasteiger partial charge in [-0.2, -0.15) is 0 Å². The molecule has 2 aromatic carbocycles. The lowest BCUT2D eigenvalue weighted by molar-refractivity contribution is 0.284. The first-order chi connectivity index (χ1) is 13.8. The predicted molar refractivity (Wildman–Crippen MR) is 109 cm³/mol. The van der Waals surface area contributed by atoms with Gasteiger partial charge in [0, 0.05) is 5.56 Å². The Morgan fingerprint density at radius 3 is 2.64 bits per heavy atom. The fraction of sp³-hybridized carbons (Fsp3) is 0.0952. The topological polar surface area (TPSA) is 61.5 Å². The molecule has 0 aliphatic rings. The zero-order valence-electron chi connectivity index (χ0n) is 15.1. The van der Waals surface area contributed by atoms with Crippen LogP contribution in [-0.4, -0.2) is 26.7 Å². The number of hydrogen-bond acceptors (Lipinski definition) is 6. The van der Waals surface area contributed by atoms with Gasteiger partial charge in [-0.05, 0) is 29.1 Å². The molecular formula is C21H16N4O2S. The molecule has 0 atom stereocenters. The zero-order valence-corrected chi connectivity index (χ0v) is 15.9. The van der Waals surface area contributed by atoms with Gasteiger partial charge < -0.3 is 9.47 Å². The number of thiophene rings is 1. The molecule has 6 nitrogen and oxygen atoms in total. The number of rotatable bonds is 5. The van der Waals surface area contributed by atoms with Crippen LogP contribution in [0.2, 0.25) is 0 Å². The highest BCUT2D eigenvalue weighted by atomic mass is 32.1. The van der Waals surface area contributed by atoms with Crippen molar-refractivity contribution in [3.63, 3.8) is 0 Å². The molecule has 0 N–H and O–H groups in total. The van der Waals surface area contributed by atoms with E-state index in [0.717, 1.165) is 38.5 Å². The molecule has 0 aliphatic carbocycles. The molecule has 0 aliphatic heterocycles. The van der Waals surface area contributed by atoms with Crippen molar-refractivity contribution in [2.75, 3.05) is 7.11 Å². The van der Waals surface area contributed by atoms with Crippen LogP contribution in [0.25, 0.3) is 27.3 Å². The number of benzene rings is 2. The largest absolute Gasteiger partial charge is 0.493 e. The van der Waals surface area contributed by atoms with Gasteiger partial charge in [0.1, 0.15) is 17.8 Å². The van der Waals surface area contributed by atoms with Gasteiger partial charge in [-0.15, -0.1) is 16.4 Å². The van der Waals surface area contributed by atoms with Crippen molar-refractivity contribution in [2.45, 2.75) is 6.61 Å². The second-order valence-corrected chi connectivity index (χ2v) is 7.12. The van der Waals surface area contributed by atoms with Gasteiger partial charge in [0.25, 0.3) is 0 Å². The molecule has 0 amide bonds. The third-order valence-corrected chi connectivity index (χ3v) is 5.30. The Bertz CT molecular complexity index is 1260. The van der Waals surface area contributed by atoms with Crippen molar-refractivity contribution in [3.05, 3.63) is 71.9 Å². The first-order valence-corrected chi connectivity index (χ1v) is 9.63. The monoisotopic (exact) mass is 388 g/mol. The molecule has 0 radical (unpaired) electrons. The summed E-state index contributed by atoms with van der Waals surface area (Å²) in [5.74, 6) is 2.13. The van der Waals surface area contributed by atoms with Crippen LogP contribution >= 0.6 is 11.3 Å². The summed E-state index contributed by atoms with van der Waals surface area (Å²) < 4.78 is 12.9. The minimum atomic E-state index is 0.457. The van der Waals surface area contributed by atoms with E-state index in [4.69, 9.17) is 14.5 Å². The summed E-state index contributed by atoms with van der Waals surface area (Å²) in [6.07, 6.45) is 1.71. The third kappa shape index (κ3) is 2.95. The summed E-state index contributed by atoms with van der Waals surface area (Å²) in [5, 5.41) is 7.60. The van der Waals surface area contributed by atoms with Crippen molar-refractivity contribution in [2.24, 2.45) is 0 Å². The number of methoxy groups -OCH3 is 1. The molecule has 0 saturated heterocycles. The smallest absolute Gasteiger partial charge is 0.182 e. The van der Waals surface area contributed by atoms with Crippen LogP contribution in [0.5, 0.6) is 11.5 Å². The number of hydrogen-bond donors (Lipinski definition) is 0. The van der Waals surface area contributed by atoms with Crippen LogP contribution in [-0.2, 0) is 6.61 Å². The molecule has 7 heteroatoms. The lowest BCUT2D eigenvalue weighted by atomic mass is 10.1. The Kier molecular flexibility index (Phi) is 4.14. The van der Waals surface area contributed by atoms with E-state index in [1.165, 1.54) is 0 Å². The summed E-state index contributed by atoms with van der Waals surface area (Å²) in [6.45, 7) is 0.457. The average molecular weight is 388 g/mol. The Morgan fingerprint density at radius 1 is 1.00 bits per heavy atom. The maximum atomic E-state index is 5.88. The normalized spacial score (nSPS) is 11.2. The fourth-order valence-corrected chi connectivity index (χ4v) is 3.76. The Balaban J connectivity index is 1.38. The van der Waals surface area contributed by atoms with E-state index in [0.29, 0.717) is 12.4 Å². The molecule has 138 valence electrons. The van der Waals surface area contributed by atoms with E-state index < -0.39 is 0 Å². The van der Waals surface area contributed by atoms with Crippen LogP contribution in [0, 0.1) is 0 Å². The zero-order chi connectivity index (χ0) is 18.9. The molecule has 0 bridgehead atoms. The SMILES string of the molecule is COc1ccccc1OCc1ccc(-c2nc3c4ccsc4ncn3n2)cc1. The van der Waals surface area contributed by atoms with Crippen molar-refractivity contribution >= 4 is 27.2 Å². The average Bonchev–Trinajstić information content (AvgIpc) is 3.39. The van der Waals surface area contributed by atoms with Gasteiger partial charge in [-0.3, -0.25) is 0 Å². The maximum absolute atomic E-state index is 5.88. The Labute approximate surface area is 165 Å². The highest BCUT2D eigenvalue weighted by Gasteiger charge is 2.11. The van der Waals surface area contributed by atoms with E-state index in [2.05, 4.69) is 10.1 Å². The minimum Gasteiger partial charge on any atom is -0.493 e. The first kappa shape index (κ1) is 16.7. The van der Waals surface area contributed by atoms with Gasteiger partial charge in [-0.1, -0.05) is 36.4 Å². The molecule has 3 aromatic heterocycles. The number of nitrogens with zero attached hydrogens (tertiary/aromatic N) is 4. The second-order valence-electron chi connectivity index (χ2n) is 6.22. The van der Waals surface area contributed by atoms with Crippen molar-refractivity contribution in [3.8, 4) is 22.9 Å². The highest BCUT2D eigenvalue weighted by Crippen LogP contribution is 2.27. The molecule has 0 spiro atoms. The summed E-state index contributed by atoms with van der Waals surface area (Å²) >= 11 is 1.60. The molecule has 0 unspecified atom stereocenters. The van der Waals surface area contributed by atoms with Crippen LogP contribution in [0.1, 0.15) is 5.56 Å². The fourth-order valence-electron chi connectivity index (χ4n) is 3.04. The van der Waals surface area contributed by atoms with Crippen molar-refractivity contribution < 1.29 is 9.47 Å². The van der Waals surface area contributed by atoms with Crippen LogP contribution < -0.4 is 9.47 Å². The van der Waals surface area contributed by atoms with Gasteiger partial charge in [-0.25, -0.2) is 14.5 Å². The molecule has 5 aromatic rings. The van der Waals surface area contributed by atoms with Gasteiger partial charge in [0.15, 0.2) is 23.0 Å². The number of ether oxygens (including phenoxy) is 2. The number of para-hydroxylation sites is 2. The van der Waals surface area contributed by atoms with E-state index in [1.807, 2.05) is 60.0 Å². The summed E-state index contributed by atoms with van der Waals surface area (Å²) in [7, 11) is 1.64.